The van der Waals surface area contributed by atoms with Gasteiger partial charge < -0.3 is 9.47 Å². The van der Waals surface area contributed by atoms with Gasteiger partial charge in [0.15, 0.2) is 0 Å². The van der Waals surface area contributed by atoms with E-state index >= 15 is 0 Å². The van der Waals surface area contributed by atoms with Crippen LogP contribution in [0.5, 0.6) is 5.75 Å². The molecule has 5 rings (SSSR count). The van der Waals surface area contributed by atoms with E-state index in [2.05, 4.69) is 0 Å². The van der Waals surface area contributed by atoms with Gasteiger partial charge in [-0.15, -0.1) is 0 Å². The zero-order chi connectivity index (χ0) is 27.2. The number of carbonyl (C=O) groups is 1. The van der Waals surface area contributed by atoms with Crippen molar-refractivity contribution in [3.8, 4) is 22.7 Å². The number of nitrogens with zero attached hydrogens (tertiary/aromatic N) is 3. The number of carbonyl (C=O) groups excluding carboxylic acids is 1. The van der Waals surface area contributed by atoms with E-state index in [1.54, 1.807) is 12.0 Å². The summed E-state index contributed by atoms with van der Waals surface area (Å²) in [4.78, 5) is 15.4. The van der Waals surface area contributed by atoms with Crippen LogP contribution in [0.25, 0.3) is 23.0 Å². The molecule has 39 heavy (non-hydrogen) atoms. The molecule has 0 saturated carbocycles. The Bertz CT molecular complexity index is 1500. The molecule has 0 bridgehead atoms. The Balaban J connectivity index is 1.42. The molecule has 0 N–H and O–H groups in total. The van der Waals surface area contributed by atoms with Crippen molar-refractivity contribution in [1.82, 2.24) is 14.7 Å². The molecule has 1 aliphatic heterocycles. The van der Waals surface area contributed by atoms with Gasteiger partial charge in [0.25, 0.3) is 5.91 Å². The second-order valence-electron chi connectivity index (χ2n) is 8.80. The van der Waals surface area contributed by atoms with E-state index in [0.717, 1.165) is 40.2 Å². The number of thioether (sulfide) groups is 1. The molecule has 1 aromatic heterocycles. The van der Waals surface area contributed by atoms with Crippen LogP contribution in [-0.2, 0) is 16.1 Å². The van der Waals surface area contributed by atoms with Gasteiger partial charge >= 0.3 is 0 Å². The summed E-state index contributed by atoms with van der Waals surface area (Å²) in [6, 6.07) is 25.2. The van der Waals surface area contributed by atoms with Crippen LogP contribution in [0.15, 0.2) is 90.0 Å². The van der Waals surface area contributed by atoms with Crippen molar-refractivity contribution in [3.05, 3.63) is 106 Å². The monoisotopic (exact) mass is 575 g/mol. The quantitative estimate of drug-likeness (QED) is 0.115. The highest BCUT2D eigenvalue weighted by molar-refractivity contribution is 8.26. The molecule has 1 saturated heterocycles. The van der Waals surface area contributed by atoms with Gasteiger partial charge in [0.2, 0.25) is 0 Å². The number of benzene rings is 3. The third-order valence-electron chi connectivity index (χ3n) is 6.13. The zero-order valence-corrected chi connectivity index (χ0v) is 23.6. The Morgan fingerprint density at radius 2 is 1.77 bits per heavy atom. The van der Waals surface area contributed by atoms with Crippen LogP contribution in [-0.4, -0.2) is 45.2 Å². The Morgan fingerprint density at radius 3 is 2.51 bits per heavy atom. The summed E-state index contributed by atoms with van der Waals surface area (Å²) in [5.41, 5.74) is 4.32. The molecule has 3 aromatic carbocycles. The van der Waals surface area contributed by atoms with Crippen LogP contribution in [0.4, 0.5) is 0 Å². The Kier molecular flexibility index (Phi) is 8.78. The molecule has 1 amide bonds. The largest absolute Gasteiger partial charge is 0.489 e. The highest BCUT2D eigenvalue weighted by Crippen LogP contribution is 2.35. The standard InChI is InChI=1S/C30H26ClN3O3S2/c1-36-17-7-16-33-29(35)27(39-30(33)38)18-23-19-34(24-9-3-2-4-10-24)32-28(23)21-12-14-25(15-13-21)37-20-22-8-5-6-11-26(22)31/h2-6,8-15,18-19H,7,16-17,20H2,1H3/b27-18-. The molecule has 0 unspecified atom stereocenters. The highest BCUT2D eigenvalue weighted by Gasteiger charge is 2.32. The molecule has 9 heteroatoms. The van der Waals surface area contributed by atoms with Crippen LogP contribution in [0.3, 0.4) is 0 Å². The van der Waals surface area contributed by atoms with Gasteiger partial charge in [-0.05, 0) is 55.0 Å². The molecule has 6 nitrogen and oxygen atoms in total. The minimum absolute atomic E-state index is 0.0946. The van der Waals surface area contributed by atoms with Gasteiger partial charge in [0.1, 0.15) is 16.7 Å². The molecule has 1 aliphatic rings. The average molecular weight is 576 g/mol. The maximum absolute atomic E-state index is 13.2. The second-order valence-corrected chi connectivity index (χ2v) is 10.9. The maximum atomic E-state index is 13.2. The van der Waals surface area contributed by atoms with Crippen molar-refractivity contribution in [2.75, 3.05) is 20.3 Å². The molecule has 1 fully saturated rings. The lowest BCUT2D eigenvalue weighted by molar-refractivity contribution is -0.122. The van der Waals surface area contributed by atoms with E-state index in [-0.39, 0.29) is 5.91 Å². The number of hydrogen-bond acceptors (Lipinski definition) is 6. The fraction of sp³-hybridized carbons (Fsp3) is 0.167. The summed E-state index contributed by atoms with van der Waals surface area (Å²) in [6.45, 7) is 1.48. The molecule has 0 spiro atoms. The normalized spacial score (nSPS) is 14.4. The van der Waals surface area contributed by atoms with E-state index in [1.807, 2.05) is 95.8 Å². The van der Waals surface area contributed by atoms with Crippen molar-refractivity contribution < 1.29 is 14.3 Å². The smallest absolute Gasteiger partial charge is 0.266 e. The molecule has 198 valence electrons. The first-order chi connectivity index (χ1) is 19.0. The first kappa shape index (κ1) is 27.1. The molecular formula is C30H26ClN3O3S2. The Morgan fingerprint density at radius 1 is 1.03 bits per heavy atom. The average Bonchev–Trinajstić information content (AvgIpc) is 3.50. The van der Waals surface area contributed by atoms with Crippen molar-refractivity contribution in [1.29, 1.82) is 0 Å². The van der Waals surface area contributed by atoms with Crippen molar-refractivity contribution in [2.24, 2.45) is 0 Å². The summed E-state index contributed by atoms with van der Waals surface area (Å²) < 4.78 is 13.5. The number of hydrogen-bond donors (Lipinski definition) is 0. The van der Waals surface area contributed by atoms with Crippen LogP contribution >= 0.6 is 35.6 Å². The minimum atomic E-state index is -0.0946. The molecule has 4 aromatic rings. The van der Waals surface area contributed by atoms with Crippen LogP contribution in [0.1, 0.15) is 17.5 Å². The summed E-state index contributed by atoms with van der Waals surface area (Å²) in [6.07, 6.45) is 4.53. The van der Waals surface area contributed by atoms with Gasteiger partial charge in [0.05, 0.1) is 16.3 Å². The minimum Gasteiger partial charge on any atom is -0.489 e. The number of para-hydroxylation sites is 1. The first-order valence-corrected chi connectivity index (χ1v) is 14.0. The van der Waals surface area contributed by atoms with Crippen molar-refractivity contribution >= 4 is 51.9 Å². The fourth-order valence-corrected chi connectivity index (χ4v) is 5.61. The topological polar surface area (TPSA) is 56.6 Å². The number of aromatic nitrogens is 2. The lowest BCUT2D eigenvalue weighted by Crippen LogP contribution is -2.29. The van der Waals surface area contributed by atoms with Gasteiger partial charge in [0, 0.05) is 48.2 Å². The van der Waals surface area contributed by atoms with Crippen molar-refractivity contribution in [3.63, 3.8) is 0 Å². The summed E-state index contributed by atoms with van der Waals surface area (Å²) in [5, 5.41) is 5.56. The second kappa shape index (κ2) is 12.6. The maximum Gasteiger partial charge on any atom is 0.266 e. The fourth-order valence-electron chi connectivity index (χ4n) is 4.12. The van der Waals surface area contributed by atoms with E-state index in [4.69, 9.17) is 38.4 Å². The zero-order valence-electron chi connectivity index (χ0n) is 21.2. The third-order valence-corrected chi connectivity index (χ3v) is 7.88. The van der Waals surface area contributed by atoms with E-state index in [9.17, 15) is 4.79 Å². The number of amides is 1. The first-order valence-electron chi connectivity index (χ1n) is 12.4. The van der Waals surface area contributed by atoms with Crippen LogP contribution in [0.2, 0.25) is 5.02 Å². The van der Waals surface area contributed by atoms with Crippen molar-refractivity contribution in [2.45, 2.75) is 13.0 Å². The van der Waals surface area contributed by atoms with Gasteiger partial charge in [-0.25, -0.2) is 4.68 Å². The highest BCUT2D eigenvalue weighted by atomic mass is 35.5. The molecule has 0 radical (unpaired) electrons. The molecular weight excluding hydrogens is 550 g/mol. The molecule has 2 heterocycles. The van der Waals surface area contributed by atoms with Gasteiger partial charge in [-0.1, -0.05) is 72.0 Å². The van der Waals surface area contributed by atoms with Crippen LogP contribution in [0, 0.1) is 0 Å². The lowest BCUT2D eigenvalue weighted by atomic mass is 10.1. The van der Waals surface area contributed by atoms with E-state index in [0.29, 0.717) is 34.0 Å². The molecule has 0 atom stereocenters. The number of ether oxygens (including phenoxy) is 2. The number of thiocarbonyl (C=S) groups is 1. The van der Waals surface area contributed by atoms with Gasteiger partial charge in [-0.2, -0.15) is 5.10 Å². The summed E-state index contributed by atoms with van der Waals surface area (Å²) in [5.74, 6) is 0.627. The van der Waals surface area contributed by atoms with E-state index < -0.39 is 0 Å². The number of methoxy groups -OCH3 is 1. The number of rotatable bonds is 10. The molecule has 0 aliphatic carbocycles. The third kappa shape index (κ3) is 6.42. The van der Waals surface area contributed by atoms with Crippen LogP contribution < -0.4 is 4.74 Å². The van der Waals surface area contributed by atoms with Gasteiger partial charge in [-0.3, -0.25) is 9.69 Å². The predicted molar refractivity (Wildman–Crippen MR) is 161 cm³/mol. The Labute approximate surface area is 242 Å². The summed E-state index contributed by atoms with van der Waals surface area (Å²) >= 11 is 13.1. The lowest BCUT2D eigenvalue weighted by Gasteiger charge is -2.13. The SMILES string of the molecule is COCCCN1C(=O)/C(=C/c2cn(-c3ccccc3)nc2-c2ccc(OCc3ccccc3Cl)cc2)SC1=S. The summed E-state index contributed by atoms with van der Waals surface area (Å²) in [7, 11) is 1.65. The number of halogens is 1. The van der Waals surface area contributed by atoms with E-state index in [1.165, 1.54) is 11.8 Å². The Hall–Kier alpha value is -3.43. The predicted octanol–water partition coefficient (Wildman–Crippen LogP) is 7.01.